The van der Waals surface area contributed by atoms with Crippen molar-refractivity contribution in [2.75, 3.05) is 49.2 Å². The van der Waals surface area contributed by atoms with Gasteiger partial charge in [-0.2, -0.15) is 10.2 Å². The van der Waals surface area contributed by atoms with Gasteiger partial charge >= 0.3 is 0 Å². The minimum Gasteiger partial charge on any atom is -0.388 e. The zero-order valence-electron chi connectivity index (χ0n) is 23.1. The van der Waals surface area contributed by atoms with E-state index in [9.17, 15) is 9.50 Å². The average molecular weight is 571 g/mol. The van der Waals surface area contributed by atoms with Gasteiger partial charge in [0.15, 0.2) is 5.82 Å². The fourth-order valence-electron chi connectivity index (χ4n) is 5.60. The van der Waals surface area contributed by atoms with E-state index in [0.717, 1.165) is 59.8 Å². The number of ether oxygens (including phenoxy) is 1. The monoisotopic (exact) mass is 570 g/mol. The van der Waals surface area contributed by atoms with Gasteiger partial charge in [-0.05, 0) is 30.7 Å². The van der Waals surface area contributed by atoms with Crippen LogP contribution in [0.5, 0.6) is 0 Å². The van der Waals surface area contributed by atoms with Gasteiger partial charge in [-0.3, -0.25) is 4.68 Å². The van der Waals surface area contributed by atoms with Gasteiger partial charge in [-0.15, -0.1) is 0 Å². The molecule has 13 heteroatoms. The number of fused-ring (bicyclic) bond motifs is 1. The number of nitrogens with two attached hydrogens (primary N) is 1. The Morgan fingerprint density at radius 2 is 1.64 bits per heavy atom. The molecule has 4 aromatic heterocycles. The summed E-state index contributed by atoms with van der Waals surface area (Å²) in [7, 11) is 0. The fourth-order valence-corrected chi connectivity index (χ4v) is 5.60. The smallest absolute Gasteiger partial charge is 0.225 e. The van der Waals surface area contributed by atoms with Crippen LogP contribution in [0.25, 0.3) is 16.6 Å². The number of nitrogens with zero attached hydrogens (tertiary/aromatic N) is 9. The lowest BCUT2D eigenvalue weighted by atomic mass is 9.87. The van der Waals surface area contributed by atoms with Gasteiger partial charge in [0.05, 0.1) is 24.9 Å². The van der Waals surface area contributed by atoms with Crippen LogP contribution >= 0.6 is 0 Å². The van der Waals surface area contributed by atoms with Crippen molar-refractivity contribution in [2.45, 2.75) is 24.6 Å². The highest BCUT2D eigenvalue weighted by molar-refractivity contribution is 5.77. The van der Waals surface area contributed by atoms with Crippen molar-refractivity contribution in [1.29, 1.82) is 0 Å². The van der Waals surface area contributed by atoms with Crippen LogP contribution in [0.4, 0.5) is 16.2 Å². The summed E-state index contributed by atoms with van der Waals surface area (Å²) < 4.78 is 22.4. The largest absolute Gasteiger partial charge is 0.388 e. The van der Waals surface area contributed by atoms with Crippen LogP contribution in [0, 0.1) is 5.82 Å². The lowest BCUT2D eigenvalue weighted by molar-refractivity contribution is 0.118. The summed E-state index contributed by atoms with van der Waals surface area (Å²) in [5.41, 5.74) is 10.1. The highest BCUT2D eigenvalue weighted by atomic mass is 19.1. The maximum absolute atomic E-state index is 13.4. The van der Waals surface area contributed by atoms with Gasteiger partial charge in [-0.1, -0.05) is 12.1 Å². The van der Waals surface area contributed by atoms with Crippen LogP contribution in [0.3, 0.4) is 0 Å². The van der Waals surface area contributed by atoms with Crippen molar-refractivity contribution >= 4 is 17.3 Å². The Bertz CT molecular complexity index is 1690. The SMILES string of the molecule is CC(N)(c1ccc(F)cc1)c1cnc(N2CCN(c3ncnn4cc(-c5cnn([C@H]6COC[C@H]6O)c5)cc34)CC2)nc1. The normalized spacial score (nSPS) is 20.8. The van der Waals surface area contributed by atoms with Crippen molar-refractivity contribution < 1.29 is 14.2 Å². The Hall–Kier alpha value is -4.46. The first-order valence-corrected chi connectivity index (χ1v) is 13.9. The Kier molecular flexibility index (Phi) is 6.56. The van der Waals surface area contributed by atoms with E-state index in [-0.39, 0.29) is 11.9 Å². The Labute approximate surface area is 241 Å². The van der Waals surface area contributed by atoms with E-state index in [2.05, 4.69) is 41.0 Å². The summed E-state index contributed by atoms with van der Waals surface area (Å²) in [5.74, 6) is 1.20. The molecule has 1 unspecified atom stereocenters. The molecule has 2 fully saturated rings. The Balaban J connectivity index is 1.05. The third-order valence-corrected chi connectivity index (χ3v) is 8.23. The standard InChI is InChI=1S/C29H31FN10O2/c1-29(31,21-2-4-23(30)5-3-21)22-12-32-28(33-13-22)38-8-6-37(7-9-38)27-24-10-19(14-39(24)36-18-34-27)20-11-35-40(15-20)25-16-42-17-26(25)41/h2-5,10-15,18,25-26,41H,6-9,16-17,31H2,1H3/t25-,26+,29?/m0/s1. The summed E-state index contributed by atoms with van der Waals surface area (Å²) in [6.07, 6.45) is 10.2. The van der Waals surface area contributed by atoms with Crippen molar-refractivity contribution in [1.82, 2.24) is 34.3 Å². The van der Waals surface area contributed by atoms with Crippen LogP contribution in [-0.4, -0.2) is 84.9 Å². The average Bonchev–Trinajstić information content (AvgIpc) is 3.77. The molecule has 3 atom stereocenters. The minimum atomic E-state index is -0.843. The van der Waals surface area contributed by atoms with E-state index in [1.807, 2.05) is 23.8 Å². The molecule has 12 nitrogen and oxygen atoms in total. The molecule has 3 N–H and O–H groups in total. The topological polar surface area (TPSA) is 136 Å². The number of hydrogen-bond acceptors (Lipinski definition) is 10. The second-order valence-electron chi connectivity index (χ2n) is 11.0. The van der Waals surface area contributed by atoms with E-state index >= 15 is 0 Å². The van der Waals surface area contributed by atoms with Gasteiger partial charge in [0.25, 0.3) is 0 Å². The first kappa shape index (κ1) is 26.4. The maximum atomic E-state index is 13.4. The number of anilines is 2. The van der Waals surface area contributed by atoms with Crippen molar-refractivity contribution in [2.24, 2.45) is 5.73 Å². The van der Waals surface area contributed by atoms with Crippen LogP contribution in [-0.2, 0) is 10.3 Å². The first-order chi connectivity index (χ1) is 20.4. The third kappa shape index (κ3) is 4.74. The molecule has 7 rings (SSSR count). The highest BCUT2D eigenvalue weighted by Crippen LogP contribution is 2.30. The highest BCUT2D eigenvalue weighted by Gasteiger charge is 2.29. The van der Waals surface area contributed by atoms with E-state index in [0.29, 0.717) is 19.2 Å². The molecule has 0 bridgehead atoms. The summed E-state index contributed by atoms with van der Waals surface area (Å²) in [6, 6.07) is 8.06. The van der Waals surface area contributed by atoms with Crippen LogP contribution in [0.2, 0.25) is 0 Å². The lowest BCUT2D eigenvalue weighted by Gasteiger charge is -2.35. The second kappa shape index (κ2) is 10.4. The van der Waals surface area contributed by atoms with E-state index in [1.54, 1.807) is 41.7 Å². The molecular weight excluding hydrogens is 539 g/mol. The van der Waals surface area contributed by atoms with Crippen LogP contribution in [0.15, 0.2) is 67.6 Å². The summed E-state index contributed by atoms with van der Waals surface area (Å²) in [4.78, 5) is 18.2. The number of benzene rings is 1. The molecule has 5 aromatic rings. The molecule has 1 aromatic carbocycles. The maximum Gasteiger partial charge on any atom is 0.225 e. The quantitative estimate of drug-likeness (QED) is 0.312. The van der Waals surface area contributed by atoms with Crippen molar-refractivity contribution in [3.8, 4) is 11.1 Å². The molecule has 216 valence electrons. The van der Waals surface area contributed by atoms with Gasteiger partial charge in [0, 0.05) is 67.7 Å². The second-order valence-corrected chi connectivity index (χ2v) is 11.0. The predicted molar refractivity (Wildman–Crippen MR) is 154 cm³/mol. The van der Waals surface area contributed by atoms with Gasteiger partial charge in [0.1, 0.15) is 29.8 Å². The number of halogens is 1. The number of rotatable bonds is 6. The lowest BCUT2D eigenvalue weighted by Crippen LogP contribution is -2.47. The number of hydrogen-bond donors (Lipinski definition) is 2. The van der Waals surface area contributed by atoms with Crippen molar-refractivity contribution in [3.63, 3.8) is 0 Å². The van der Waals surface area contributed by atoms with Gasteiger partial charge in [0.2, 0.25) is 5.95 Å². The number of aliphatic hydroxyl groups excluding tert-OH is 1. The number of piperazine rings is 1. The molecule has 0 saturated carbocycles. The Morgan fingerprint density at radius 1 is 0.905 bits per heavy atom. The zero-order valence-corrected chi connectivity index (χ0v) is 23.1. The molecule has 2 saturated heterocycles. The van der Waals surface area contributed by atoms with Gasteiger partial charge in [-0.25, -0.2) is 23.9 Å². The van der Waals surface area contributed by atoms with Gasteiger partial charge < -0.3 is 25.4 Å². The van der Waals surface area contributed by atoms with Crippen LogP contribution < -0.4 is 15.5 Å². The van der Waals surface area contributed by atoms with Crippen molar-refractivity contribution in [3.05, 3.63) is 84.6 Å². The molecule has 0 amide bonds. The molecule has 0 radical (unpaired) electrons. The van der Waals surface area contributed by atoms with E-state index in [1.165, 1.54) is 12.1 Å². The molecule has 6 heterocycles. The minimum absolute atomic E-state index is 0.183. The van der Waals surface area contributed by atoms with Crippen LogP contribution in [0.1, 0.15) is 24.1 Å². The van der Waals surface area contributed by atoms with E-state index in [4.69, 9.17) is 10.5 Å². The molecule has 0 spiro atoms. The zero-order chi connectivity index (χ0) is 28.8. The molecule has 2 aliphatic heterocycles. The molecule has 2 aliphatic rings. The summed E-state index contributed by atoms with van der Waals surface area (Å²) >= 11 is 0. The summed E-state index contributed by atoms with van der Waals surface area (Å²) in [6.45, 7) is 5.55. The fraction of sp³-hybridized carbons (Fsp3) is 0.345. The predicted octanol–water partition coefficient (Wildman–Crippen LogP) is 2.00. The third-order valence-electron chi connectivity index (χ3n) is 8.23. The number of aromatic nitrogens is 7. The first-order valence-electron chi connectivity index (χ1n) is 13.9. The molecular formula is C29H31FN10O2. The molecule has 0 aliphatic carbocycles. The number of aliphatic hydroxyl groups is 1. The molecule has 42 heavy (non-hydrogen) atoms. The van der Waals surface area contributed by atoms with E-state index < -0.39 is 11.6 Å². The summed E-state index contributed by atoms with van der Waals surface area (Å²) in [5, 5.41) is 19.1. The Morgan fingerprint density at radius 3 is 2.36 bits per heavy atom.